The third kappa shape index (κ3) is 7.94. The van der Waals surface area contributed by atoms with Gasteiger partial charge in [0.1, 0.15) is 11.8 Å². The summed E-state index contributed by atoms with van der Waals surface area (Å²) in [6.45, 7) is 7.01. The minimum Gasteiger partial charge on any atom is -0.497 e. The molecule has 0 spiro atoms. The quantitative estimate of drug-likeness (QED) is 0.523. The summed E-state index contributed by atoms with van der Waals surface area (Å²) >= 11 is 1.58. The minimum absolute atomic E-state index is 0.0292. The third-order valence-electron chi connectivity index (χ3n) is 5.04. The highest BCUT2D eigenvalue weighted by Gasteiger charge is 2.28. The third-order valence-corrected chi connectivity index (χ3v) is 6.03. The van der Waals surface area contributed by atoms with Gasteiger partial charge >= 0.3 is 0 Å². The number of nitrogens with zero attached hydrogens (tertiary/aromatic N) is 1. The molecule has 0 saturated heterocycles. The van der Waals surface area contributed by atoms with E-state index < -0.39 is 6.04 Å². The van der Waals surface area contributed by atoms with Gasteiger partial charge in [0, 0.05) is 18.8 Å². The molecule has 0 saturated carbocycles. The summed E-state index contributed by atoms with van der Waals surface area (Å²) in [5.41, 5.74) is 3.35. The summed E-state index contributed by atoms with van der Waals surface area (Å²) in [6.07, 6.45) is 1.42. The molecule has 0 aliphatic carbocycles. The van der Waals surface area contributed by atoms with Gasteiger partial charge in [0.05, 0.1) is 12.9 Å². The van der Waals surface area contributed by atoms with Crippen LogP contribution in [0.1, 0.15) is 43.4 Å². The summed E-state index contributed by atoms with van der Waals surface area (Å²) in [5, 5.41) is 2.95. The lowest BCUT2D eigenvalue weighted by molar-refractivity contribution is -0.139. The summed E-state index contributed by atoms with van der Waals surface area (Å²) in [6, 6.07) is 15.5. The highest BCUT2D eigenvalue weighted by atomic mass is 32.2. The lowest BCUT2D eigenvalue weighted by Crippen LogP contribution is -2.49. The van der Waals surface area contributed by atoms with Crippen LogP contribution in [0.15, 0.2) is 48.5 Å². The number of methoxy groups -OCH3 is 1. The minimum atomic E-state index is -0.495. The van der Waals surface area contributed by atoms with E-state index >= 15 is 0 Å². The molecule has 0 aliphatic rings. The van der Waals surface area contributed by atoms with Crippen LogP contribution in [0, 0.1) is 6.92 Å². The molecule has 2 amide bonds. The van der Waals surface area contributed by atoms with Crippen molar-refractivity contribution in [3.05, 3.63) is 65.2 Å². The Morgan fingerprint density at radius 3 is 2.48 bits per heavy atom. The van der Waals surface area contributed by atoms with Crippen molar-refractivity contribution in [2.75, 3.05) is 19.4 Å². The van der Waals surface area contributed by atoms with Crippen molar-refractivity contribution in [1.82, 2.24) is 10.2 Å². The van der Waals surface area contributed by atoms with Crippen LogP contribution in [0.25, 0.3) is 0 Å². The molecule has 2 aromatic rings. The Labute approximate surface area is 190 Å². The fourth-order valence-electron chi connectivity index (χ4n) is 3.28. The van der Waals surface area contributed by atoms with Crippen LogP contribution in [0.2, 0.25) is 0 Å². The monoisotopic (exact) mass is 442 g/mol. The zero-order valence-electron chi connectivity index (χ0n) is 19.0. The van der Waals surface area contributed by atoms with Crippen molar-refractivity contribution in [2.45, 2.75) is 52.0 Å². The van der Waals surface area contributed by atoms with Crippen LogP contribution in [0.4, 0.5) is 0 Å². The Bertz CT molecular complexity index is 839. The maximum Gasteiger partial charge on any atom is 0.242 e. The highest BCUT2D eigenvalue weighted by molar-refractivity contribution is 7.99. The van der Waals surface area contributed by atoms with E-state index in [2.05, 4.69) is 36.5 Å². The Morgan fingerprint density at radius 2 is 1.84 bits per heavy atom. The lowest BCUT2D eigenvalue weighted by atomic mass is 10.1. The first-order chi connectivity index (χ1) is 15.0. The van der Waals surface area contributed by atoms with Crippen LogP contribution in [-0.4, -0.2) is 42.2 Å². The summed E-state index contributed by atoms with van der Waals surface area (Å²) in [4.78, 5) is 27.7. The lowest BCUT2D eigenvalue weighted by Gasteiger charge is -2.30. The summed E-state index contributed by atoms with van der Waals surface area (Å²) < 4.78 is 5.32. The second-order valence-electron chi connectivity index (χ2n) is 7.57. The molecular weight excluding hydrogens is 408 g/mol. The molecule has 0 aromatic heterocycles. The molecule has 0 aliphatic heterocycles. The highest BCUT2D eigenvalue weighted by Crippen LogP contribution is 2.20. The smallest absolute Gasteiger partial charge is 0.242 e. The maximum absolute atomic E-state index is 13.2. The van der Waals surface area contributed by atoms with Crippen LogP contribution in [-0.2, 0) is 21.9 Å². The number of rotatable bonds is 12. The first kappa shape index (κ1) is 24.8. The fourth-order valence-corrected chi connectivity index (χ4v) is 4.15. The number of hydrogen-bond acceptors (Lipinski definition) is 4. The van der Waals surface area contributed by atoms with Gasteiger partial charge in [-0.05, 0) is 43.0 Å². The second-order valence-corrected chi connectivity index (χ2v) is 8.55. The molecule has 31 heavy (non-hydrogen) atoms. The first-order valence-electron chi connectivity index (χ1n) is 10.8. The van der Waals surface area contributed by atoms with Gasteiger partial charge in [0.2, 0.25) is 11.8 Å². The molecular formula is C25H34N2O3S. The molecule has 0 heterocycles. The number of benzene rings is 2. The molecule has 1 atom stereocenters. The largest absolute Gasteiger partial charge is 0.497 e. The predicted octanol–water partition coefficient (Wildman–Crippen LogP) is 4.57. The van der Waals surface area contributed by atoms with Crippen LogP contribution in [0.5, 0.6) is 5.75 Å². The van der Waals surface area contributed by atoms with Gasteiger partial charge in [-0.1, -0.05) is 55.8 Å². The van der Waals surface area contributed by atoms with Gasteiger partial charge in [0.15, 0.2) is 0 Å². The molecule has 0 bridgehead atoms. The maximum atomic E-state index is 13.2. The standard InChI is InChI=1S/C25H34N2O3S/c1-5-14-26-25(29)23(6-2)27(16-21-8-7-9-22(15-21)30-4)24(28)18-31-17-20-12-10-19(3)11-13-20/h7-13,15,23H,5-6,14,16-18H2,1-4H3,(H,26,29). The average molecular weight is 443 g/mol. The first-order valence-corrected chi connectivity index (χ1v) is 12.0. The second kappa shape index (κ2) is 13.1. The van der Waals surface area contributed by atoms with Crippen molar-refractivity contribution in [3.8, 4) is 5.75 Å². The molecule has 6 heteroatoms. The molecule has 0 radical (unpaired) electrons. The Balaban J connectivity index is 2.12. The topological polar surface area (TPSA) is 58.6 Å². The van der Waals surface area contributed by atoms with E-state index in [1.165, 1.54) is 11.1 Å². The molecule has 0 fully saturated rings. The van der Waals surface area contributed by atoms with Crippen molar-refractivity contribution in [3.63, 3.8) is 0 Å². The number of hydrogen-bond donors (Lipinski definition) is 1. The Hall–Kier alpha value is -2.47. The number of carbonyl (C=O) groups excluding carboxylic acids is 2. The fraction of sp³-hybridized carbons (Fsp3) is 0.440. The number of aryl methyl sites for hydroxylation is 1. The van der Waals surface area contributed by atoms with E-state index in [0.717, 1.165) is 23.5 Å². The number of carbonyl (C=O) groups is 2. The molecule has 2 rings (SSSR count). The van der Waals surface area contributed by atoms with E-state index in [1.807, 2.05) is 38.1 Å². The predicted molar refractivity (Wildman–Crippen MR) is 128 cm³/mol. The number of nitrogens with one attached hydrogen (secondary N) is 1. The molecule has 1 unspecified atom stereocenters. The van der Waals surface area contributed by atoms with Gasteiger partial charge in [-0.15, -0.1) is 11.8 Å². The SMILES string of the molecule is CCCNC(=O)C(CC)N(Cc1cccc(OC)c1)C(=O)CSCc1ccc(C)cc1. The van der Waals surface area contributed by atoms with Gasteiger partial charge < -0.3 is 15.0 Å². The van der Waals surface area contributed by atoms with Gasteiger partial charge in [0.25, 0.3) is 0 Å². The van der Waals surface area contributed by atoms with E-state index in [0.29, 0.717) is 25.3 Å². The van der Waals surface area contributed by atoms with Crippen LogP contribution in [0.3, 0.4) is 0 Å². The molecule has 1 N–H and O–H groups in total. The Kier molecular flexibility index (Phi) is 10.4. The number of amides is 2. The summed E-state index contributed by atoms with van der Waals surface area (Å²) in [5.74, 6) is 1.71. The molecule has 2 aromatic carbocycles. The van der Waals surface area contributed by atoms with E-state index in [9.17, 15) is 9.59 Å². The molecule has 168 valence electrons. The van der Waals surface area contributed by atoms with E-state index in [1.54, 1.807) is 23.8 Å². The van der Waals surface area contributed by atoms with Gasteiger partial charge in [-0.3, -0.25) is 9.59 Å². The normalized spacial score (nSPS) is 11.6. The van der Waals surface area contributed by atoms with Gasteiger partial charge in [-0.2, -0.15) is 0 Å². The van der Waals surface area contributed by atoms with Crippen molar-refractivity contribution < 1.29 is 14.3 Å². The van der Waals surface area contributed by atoms with Crippen molar-refractivity contribution in [2.24, 2.45) is 0 Å². The van der Waals surface area contributed by atoms with Crippen LogP contribution < -0.4 is 10.1 Å². The zero-order chi connectivity index (χ0) is 22.6. The number of ether oxygens (including phenoxy) is 1. The van der Waals surface area contributed by atoms with Crippen molar-refractivity contribution >= 4 is 23.6 Å². The van der Waals surface area contributed by atoms with Gasteiger partial charge in [-0.25, -0.2) is 0 Å². The van der Waals surface area contributed by atoms with Crippen LogP contribution >= 0.6 is 11.8 Å². The molecule has 5 nitrogen and oxygen atoms in total. The van der Waals surface area contributed by atoms with Crippen molar-refractivity contribution in [1.29, 1.82) is 0 Å². The zero-order valence-corrected chi connectivity index (χ0v) is 19.8. The Morgan fingerprint density at radius 1 is 1.10 bits per heavy atom. The number of thioether (sulfide) groups is 1. The van der Waals surface area contributed by atoms with E-state index in [4.69, 9.17) is 4.74 Å². The van der Waals surface area contributed by atoms with E-state index in [-0.39, 0.29) is 11.8 Å². The average Bonchev–Trinajstić information content (AvgIpc) is 2.78. The summed E-state index contributed by atoms with van der Waals surface area (Å²) in [7, 11) is 1.62.